The second-order valence-electron chi connectivity index (χ2n) is 5.81. The van der Waals surface area contributed by atoms with E-state index in [-0.39, 0.29) is 5.41 Å². The molecule has 1 aromatic carbocycles. The molecule has 124 valence electrons. The lowest BCUT2D eigenvalue weighted by Gasteiger charge is -2.20. The van der Waals surface area contributed by atoms with Crippen LogP contribution in [0.25, 0.3) is 0 Å². The van der Waals surface area contributed by atoms with Crippen LogP contribution in [0.3, 0.4) is 0 Å². The van der Waals surface area contributed by atoms with Gasteiger partial charge in [0.1, 0.15) is 0 Å². The van der Waals surface area contributed by atoms with Crippen LogP contribution in [0, 0.1) is 0 Å². The summed E-state index contributed by atoms with van der Waals surface area (Å²) in [5.41, 5.74) is 1.50. The van der Waals surface area contributed by atoms with Crippen LogP contribution >= 0.6 is 47.0 Å². The molecule has 0 bridgehead atoms. The molecule has 0 aliphatic carbocycles. The lowest BCUT2D eigenvalue weighted by Crippen LogP contribution is -2.11. The largest absolute Gasteiger partial charge is 0.197 e. The summed E-state index contributed by atoms with van der Waals surface area (Å²) in [6.45, 7) is 6.71. The van der Waals surface area contributed by atoms with E-state index in [9.17, 15) is 0 Å². The number of rotatable bonds is 5. The van der Waals surface area contributed by atoms with Crippen molar-refractivity contribution < 1.29 is 0 Å². The molecule has 7 heteroatoms. The number of benzene rings is 1. The number of hydrogen-bond donors (Lipinski definition) is 0. The van der Waals surface area contributed by atoms with Crippen LogP contribution in [0.15, 0.2) is 43.5 Å². The van der Waals surface area contributed by atoms with E-state index in [1.807, 2.05) is 12.5 Å². The molecule has 1 heterocycles. The minimum absolute atomic E-state index is 0.152. The zero-order valence-electron chi connectivity index (χ0n) is 14.2. The summed E-state index contributed by atoms with van der Waals surface area (Å²) in [5, 5.41) is 2.29. The normalized spacial score (nSPS) is 11.7. The molecule has 0 saturated heterocycles. The Morgan fingerprint density at radius 3 is 1.78 bits per heavy atom. The van der Waals surface area contributed by atoms with Crippen molar-refractivity contribution in [2.24, 2.45) is 0 Å². The minimum atomic E-state index is 0.152. The number of thioether (sulfide) groups is 3. The van der Waals surface area contributed by atoms with Crippen molar-refractivity contribution in [3.05, 3.63) is 23.8 Å². The van der Waals surface area contributed by atoms with Gasteiger partial charge in [-0.15, -0.1) is 11.8 Å². The summed E-state index contributed by atoms with van der Waals surface area (Å²) in [4.78, 5) is 15.9. The molecule has 0 N–H and O–H groups in total. The van der Waals surface area contributed by atoms with E-state index in [2.05, 4.69) is 60.2 Å². The molecule has 0 fully saturated rings. The Labute approximate surface area is 155 Å². The quantitative estimate of drug-likeness (QED) is 0.632. The predicted octanol–water partition coefficient (Wildman–Crippen LogP) is 5.49. The van der Waals surface area contributed by atoms with Crippen LogP contribution in [0.1, 0.15) is 26.3 Å². The van der Waals surface area contributed by atoms with Gasteiger partial charge < -0.3 is 0 Å². The average Bonchev–Trinajstić information content (AvgIpc) is 2.53. The molecule has 2 aromatic rings. The fourth-order valence-electron chi connectivity index (χ4n) is 1.87. The van der Waals surface area contributed by atoms with E-state index in [1.54, 1.807) is 47.0 Å². The van der Waals surface area contributed by atoms with Gasteiger partial charge in [-0.1, -0.05) is 50.4 Å². The van der Waals surface area contributed by atoms with Gasteiger partial charge in [-0.3, -0.25) is 0 Å². The molecule has 0 aliphatic heterocycles. The Morgan fingerprint density at radius 1 is 0.739 bits per heavy atom. The predicted molar refractivity (Wildman–Crippen MR) is 104 cm³/mol. The molecule has 0 atom stereocenters. The van der Waals surface area contributed by atoms with E-state index >= 15 is 0 Å². The highest BCUT2D eigenvalue weighted by atomic mass is 32.2. The molecule has 1 aromatic heterocycles. The topological polar surface area (TPSA) is 38.7 Å². The Balaban J connectivity index is 2.36. The Kier molecular flexibility index (Phi) is 6.71. The van der Waals surface area contributed by atoms with Crippen LogP contribution < -0.4 is 0 Å². The number of hydrogen-bond acceptors (Lipinski definition) is 7. The van der Waals surface area contributed by atoms with Crippen LogP contribution in [0.5, 0.6) is 0 Å². The highest BCUT2D eigenvalue weighted by Gasteiger charge is 2.16. The summed E-state index contributed by atoms with van der Waals surface area (Å²) in [6, 6.07) is 6.66. The van der Waals surface area contributed by atoms with E-state index in [0.717, 1.165) is 15.5 Å². The summed E-state index contributed by atoms with van der Waals surface area (Å²) < 4.78 is 0. The molecule has 23 heavy (non-hydrogen) atoms. The van der Waals surface area contributed by atoms with Crippen molar-refractivity contribution in [1.29, 1.82) is 0 Å². The van der Waals surface area contributed by atoms with Crippen molar-refractivity contribution in [2.75, 3.05) is 18.8 Å². The summed E-state index contributed by atoms with van der Waals surface area (Å²) in [5.74, 6) is 0. The highest BCUT2D eigenvalue weighted by molar-refractivity contribution is 8.02. The van der Waals surface area contributed by atoms with Gasteiger partial charge in [0.15, 0.2) is 15.5 Å². The van der Waals surface area contributed by atoms with Gasteiger partial charge in [0.2, 0.25) is 0 Å². The second kappa shape index (κ2) is 8.14. The maximum absolute atomic E-state index is 4.52. The van der Waals surface area contributed by atoms with E-state index in [0.29, 0.717) is 0 Å². The van der Waals surface area contributed by atoms with Crippen molar-refractivity contribution >= 4 is 47.0 Å². The molecule has 0 saturated carbocycles. The third-order valence-electron chi connectivity index (χ3n) is 3.17. The first kappa shape index (κ1) is 19.0. The van der Waals surface area contributed by atoms with E-state index in [1.165, 1.54) is 15.4 Å². The summed E-state index contributed by atoms with van der Waals surface area (Å²) in [6.07, 6.45) is 6.08. The maximum atomic E-state index is 4.52. The molecule has 0 radical (unpaired) electrons. The molecule has 2 rings (SSSR count). The Morgan fingerprint density at radius 2 is 1.30 bits per heavy atom. The summed E-state index contributed by atoms with van der Waals surface area (Å²) >= 11 is 6.46. The van der Waals surface area contributed by atoms with Crippen LogP contribution in [-0.4, -0.2) is 33.7 Å². The highest BCUT2D eigenvalue weighted by Crippen LogP contribution is 2.37. The molecule has 0 spiro atoms. The smallest absolute Gasteiger partial charge is 0.196 e. The lowest BCUT2D eigenvalue weighted by atomic mass is 9.87. The second-order valence-corrected chi connectivity index (χ2v) is 9.21. The van der Waals surface area contributed by atoms with Gasteiger partial charge in [0, 0.05) is 9.79 Å². The Hall–Kier alpha value is -0.370. The summed E-state index contributed by atoms with van der Waals surface area (Å²) in [7, 11) is 0. The van der Waals surface area contributed by atoms with Gasteiger partial charge in [0.25, 0.3) is 0 Å². The molecular formula is C16H21N3S4. The van der Waals surface area contributed by atoms with Gasteiger partial charge in [-0.05, 0) is 53.6 Å². The first-order chi connectivity index (χ1) is 10.9. The van der Waals surface area contributed by atoms with Crippen molar-refractivity contribution in [1.82, 2.24) is 15.0 Å². The third kappa shape index (κ3) is 5.05. The van der Waals surface area contributed by atoms with Gasteiger partial charge in [-0.25, -0.2) is 0 Å². The SMILES string of the molecule is CSc1nc(SC)nc(Sc2ccc(C(C)(C)C)cc2SC)n1. The number of nitrogens with zero attached hydrogens (tertiary/aromatic N) is 3. The van der Waals surface area contributed by atoms with E-state index in [4.69, 9.17) is 0 Å². The first-order valence-corrected chi connectivity index (χ1v) is 11.6. The third-order valence-corrected chi connectivity index (χ3v) is 6.11. The average molecular weight is 384 g/mol. The van der Waals surface area contributed by atoms with Crippen molar-refractivity contribution in [2.45, 2.75) is 51.4 Å². The first-order valence-electron chi connectivity index (χ1n) is 7.08. The molecular weight excluding hydrogens is 362 g/mol. The van der Waals surface area contributed by atoms with Gasteiger partial charge in [0.05, 0.1) is 0 Å². The molecule has 0 amide bonds. The number of aromatic nitrogens is 3. The zero-order valence-corrected chi connectivity index (χ0v) is 17.5. The minimum Gasteiger partial charge on any atom is -0.196 e. The molecule has 0 unspecified atom stereocenters. The molecule has 0 aliphatic rings. The van der Waals surface area contributed by atoms with E-state index < -0.39 is 0 Å². The van der Waals surface area contributed by atoms with Crippen molar-refractivity contribution in [3.63, 3.8) is 0 Å². The standard InChI is InChI=1S/C16H21N3S4/c1-16(2,3)10-7-8-11(12(9-10)20-4)23-15-18-13(21-5)17-14(19-15)22-6/h7-9H,1-6H3. The molecule has 3 nitrogen and oxygen atoms in total. The zero-order chi connectivity index (χ0) is 17.0. The van der Waals surface area contributed by atoms with Crippen LogP contribution in [0.2, 0.25) is 0 Å². The lowest BCUT2D eigenvalue weighted by molar-refractivity contribution is 0.587. The van der Waals surface area contributed by atoms with Crippen LogP contribution in [-0.2, 0) is 5.41 Å². The Bertz CT molecular complexity index is 661. The monoisotopic (exact) mass is 383 g/mol. The van der Waals surface area contributed by atoms with Crippen molar-refractivity contribution in [3.8, 4) is 0 Å². The fourth-order valence-corrected chi connectivity index (χ4v) is 4.40. The van der Waals surface area contributed by atoms with Gasteiger partial charge >= 0.3 is 0 Å². The van der Waals surface area contributed by atoms with Crippen LogP contribution in [0.4, 0.5) is 0 Å². The maximum Gasteiger partial charge on any atom is 0.197 e. The van der Waals surface area contributed by atoms with Gasteiger partial charge in [-0.2, -0.15) is 15.0 Å². The fraction of sp³-hybridized carbons (Fsp3) is 0.438.